The van der Waals surface area contributed by atoms with E-state index in [2.05, 4.69) is 480 Å². The van der Waals surface area contributed by atoms with Crippen LogP contribution in [0.1, 0.15) is 22.3 Å². The second-order valence-electron chi connectivity index (χ2n) is 33.6. The molecule has 0 unspecified atom stereocenters. The van der Waals surface area contributed by atoms with E-state index in [-0.39, 0.29) is 0 Å². The predicted octanol–water partition coefficient (Wildman–Crippen LogP) is 34.6. The van der Waals surface area contributed by atoms with E-state index in [1.807, 2.05) is 34.0 Å². The summed E-state index contributed by atoms with van der Waals surface area (Å²) >= 11 is 5.65. The molecular formula is C121H76N4S3. The van der Waals surface area contributed by atoms with Crippen LogP contribution in [0, 0.1) is 0 Å². The third-order valence-electron chi connectivity index (χ3n) is 26.8. The Balaban J connectivity index is 0.000000138. The summed E-state index contributed by atoms with van der Waals surface area (Å²) in [6.45, 7) is 0. The third-order valence-corrected chi connectivity index (χ3v) is 30.3. The average Bonchev–Trinajstić information content (AvgIpc) is 1.51. The van der Waals surface area contributed by atoms with E-state index in [0.717, 1.165) is 34.1 Å². The molecule has 0 aliphatic heterocycles. The Labute approximate surface area is 752 Å². The smallest absolute Gasteiger partial charge is 0.0726 e. The predicted molar refractivity (Wildman–Crippen MR) is 548 cm³/mol. The van der Waals surface area contributed by atoms with Crippen LogP contribution in [0.15, 0.2) is 461 Å². The molecule has 0 saturated heterocycles. The van der Waals surface area contributed by atoms with Gasteiger partial charge in [-0.2, -0.15) is 0 Å². The summed E-state index contributed by atoms with van der Waals surface area (Å²) in [4.78, 5) is 4.85. The minimum Gasteiger partial charge on any atom is -0.310 e. The molecule has 0 bridgehead atoms. The molecule has 5 heterocycles. The van der Waals surface area contributed by atoms with Gasteiger partial charge in [-0.25, -0.2) is 0 Å². The molecule has 0 fully saturated rings. The lowest BCUT2D eigenvalue weighted by Crippen LogP contribution is -2.26. The van der Waals surface area contributed by atoms with Gasteiger partial charge < -0.3 is 18.9 Å². The molecule has 4 nitrogen and oxygen atoms in total. The van der Waals surface area contributed by atoms with Gasteiger partial charge in [0.1, 0.15) is 0 Å². The first-order valence-electron chi connectivity index (χ1n) is 43.8. The fourth-order valence-corrected chi connectivity index (χ4v) is 24.8. The van der Waals surface area contributed by atoms with E-state index in [9.17, 15) is 0 Å². The molecule has 2 aliphatic rings. The first kappa shape index (κ1) is 73.8. The van der Waals surface area contributed by atoms with E-state index in [1.165, 1.54) is 205 Å². The van der Waals surface area contributed by atoms with Crippen molar-refractivity contribution in [2.24, 2.45) is 0 Å². The second-order valence-corrected chi connectivity index (χ2v) is 36.8. The minimum atomic E-state index is -0.445. The van der Waals surface area contributed by atoms with Gasteiger partial charge in [0, 0.05) is 139 Å². The van der Waals surface area contributed by atoms with Crippen molar-refractivity contribution in [1.82, 2.24) is 9.13 Å². The molecule has 0 saturated carbocycles. The molecule has 0 amide bonds. The number of nitrogens with zero attached hydrogens (tertiary/aromatic N) is 4. The fourth-order valence-electron chi connectivity index (χ4n) is 21.2. The van der Waals surface area contributed by atoms with Crippen molar-refractivity contribution in [2.45, 2.75) is 5.41 Å². The first-order chi connectivity index (χ1) is 63.5. The fraction of sp³-hybridized carbons (Fsp3) is 0.00826. The highest BCUT2D eigenvalue weighted by molar-refractivity contribution is 7.27. The number of fused-ring (bicyclic) bond motifs is 27. The van der Waals surface area contributed by atoms with Crippen molar-refractivity contribution in [3.05, 3.63) is 483 Å². The Morgan fingerprint density at radius 2 is 0.500 bits per heavy atom. The molecule has 1 spiro atoms. The number of rotatable bonds is 12. The zero-order valence-corrected chi connectivity index (χ0v) is 71.8. The van der Waals surface area contributed by atoms with Crippen molar-refractivity contribution < 1.29 is 0 Å². The Hall–Kier alpha value is -15.7. The Morgan fingerprint density at radius 1 is 0.188 bits per heavy atom. The normalized spacial score (nSPS) is 12.4. The van der Waals surface area contributed by atoms with E-state index in [4.69, 9.17) is 0 Å². The first-order valence-corrected chi connectivity index (χ1v) is 46.3. The van der Waals surface area contributed by atoms with Crippen molar-refractivity contribution in [2.75, 3.05) is 9.80 Å². The summed E-state index contributed by atoms with van der Waals surface area (Å²) in [5.74, 6) is 0. The van der Waals surface area contributed by atoms with Crippen LogP contribution >= 0.6 is 34.0 Å². The maximum Gasteiger partial charge on any atom is 0.0726 e. The Morgan fingerprint density at radius 3 is 0.938 bits per heavy atom. The van der Waals surface area contributed by atoms with Crippen molar-refractivity contribution >= 4 is 172 Å². The molecule has 0 N–H and O–H groups in total. The van der Waals surface area contributed by atoms with Gasteiger partial charge in [-0.3, -0.25) is 0 Å². The highest BCUT2D eigenvalue weighted by Gasteiger charge is 2.52. The van der Waals surface area contributed by atoms with Crippen molar-refractivity contribution in [3.63, 3.8) is 0 Å². The molecule has 2 aliphatic carbocycles. The number of benzene rings is 20. The molecule has 5 aromatic heterocycles. The molecule has 0 radical (unpaired) electrons. The minimum absolute atomic E-state index is 0.445. The van der Waals surface area contributed by atoms with Crippen LogP contribution in [-0.2, 0) is 5.41 Å². The van der Waals surface area contributed by atoms with E-state index in [0.29, 0.717) is 0 Å². The third kappa shape index (κ3) is 11.5. The number of aromatic nitrogens is 2. The largest absolute Gasteiger partial charge is 0.310 e. The molecule has 27 rings (SSSR count). The molecule has 128 heavy (non-hydrogen) atoms. The summed E-state index contributed by atoms with van der Waals surface area (Å²) in [6.07, 6.45) is 0. The van der Waals surface area contributed by atoms with Crippen molar-refractivity contribution in [3.8, 4) is 78.1 Å². The lowest BCUT2D eigenvalue weighted by atomic mass is 9.70. The molecule has 0 atom stereocenters. The van der Waals surface area contributed by atoms with Crippen LogP contribution in [0.25, 0.3) is 182 Å². The van der Waals surface area contributed by atoms with Gasteiger partial charge in [0.25, 0.3) is 0 Å². The van der Waals surface area contributed by atoms with Crippen LogP contribution in [0.4, 0.5) is 34.1 Å². The maximum absolute atomic E-state index is 2.49. The lowest BCUT2D eigenvalue weighted by Gasteiger charge is -2.32. The number of para-hydroxylation sites is 4. The number of hydrogen-bond acceptors (Lipinski definition) is 5. The van der Waals surface area contributed by atoms with Gasteiger partial charge in [0.05, 0.1) is 27.5 Å². The van der Waals surface area contributed by atoms with Crippen LogP contribution in [0.3, 0.4) is 0 Å². The van der Waals surface area contributed by atoms with E-state index in [1.54, 1.807) is 0 Å². The number of thiophene rings is 3. The summed E-state index contributed by atoms with van der Waals surface area (Å²) < 4.78 is 12.8. The van der Waals surface area contributed by atoms with E-state index >= 15 is 0 Å². The highest BCUT2D eigenvalue weighted by atomic mass is 32.1. The average molecular weight is 1680 g/mol. The number of hydrogen-bond donors (Lipinski definition) is 0. The van der Waals surface area contributed by atoms with E-state index < -0.39 is 5.41 Å². The van der Waals surface area contributed by atoms with Crippen LogP contribution < -0.4 is 9.80 Å². The van der Waals surface area contributed by atoms with Crippen molar-refractivity contribution in [1.29, 1.82) is 0 Å². The summed E-state index contributed by atoms with van der Waals surface area (Å²) in [7, 11) is 0. The number of anilines is 6. The summed E-state index contributed by atoms with van der Waals surface area (Å²) in [5, 5.41) is 12.8. The molecule has 7 heteroatoms. The molecule has 598 valence electrons. The quantitative estimate of drug-likeness (QED) is 0.121. The van der Waals surface area contributed by atoms with Gasteiger partial charge >= 0.3 is 0 Å². The maximum atomic E-state index is 2.49. The second kappa shape index (κ2) is 29.7. The monoisotopic (exact) mass is 1680 g/mol. The van der Waals surface area contributed by atoms with Crippen LogP contribution in [-0.4, -0.2) is 9.13 Å². The van der Waals surface area contributed by atoms with Gasteiger partial charge in [-0.05, 0) is 223 Å². The topological polar surface area (TPSA) is 16.3 Å². The zero-order chi connectivity index (χ0) is 84.1. The molecule has 20 aromatic carbocycles. The van der Waals surface area contributed by atoms with Gasteiger partial charge in [0.2, 0.25) is 0 Å². The summed E-state index contributed by atoms with van der Waals surface area (Å²) in [5.41, 5.74) is 33.9. The zero-order valence-electron chi connectivity index (χ0n) is 69.4. The van der Waals surface area contributed by atoms with Gasteiger partial charge in [-0.15, -0.1) is 34.0 Å². The molecular weight excluding hydrogens is 1610 g/mol. The molecule has 25 aromatic rings. The lowest BCUT2D eigenvalue weighted by molar-refractivity contribution is 0.793. The standard InChI is InChI=1S/C67H42N2S.C54H34N2S2/c1-3-17-43(18-4-1)44-31-35-47(36-32-44)68(49-39-40-53-52-23-9-14-28-60(52)67(61(53)41-49)58-26-12-7-21-50(58)51-22-8-13-27-59(51)67)48-37-33-45(34-38-48)56-42-57-54-24-10-15-29-62(54)69(46-19-5-2-6-20-46)65(57)64-55-25-11-16-30-63(55)70-66(56)64;1-3-13-35(14-4-1)36-23-27-39(28-24-36)55(41-31-32-51-46(33-41)43-18-8-11-21-49(43)57-51)40-29-25-37(26-30-40)45-34-47-42-17-7-10-20-48(42)56(38-15-5-2-6-16-38)53(47)52-44-19-9-12-22-50(44)58-54(45)52/h1-42H;1-34H. The Bertz CT molecular complexity index is 8660. The Kier molecular flexibility index (Phi) is 17.1. The van der Waals surface area contributed by atoms with Gasteiger partial charge in [0.15, 0.2) is 0 Å². The summed E-state index contributed by atoms with van der Waals surface area (Å²) in [6, 6.07) is 170. The van der Waals surface area contributed by atoms with Gasteiger partial charge in [-0.1, -0.05) is 315 Å². The highest BCUT2D eigenvalue weighted by Crippen LogP contribution is 2.64. The van der Waals surface area contributed by atoms with Crippen LogP contribution in [0.2, 0.25) is 0 Å². The SMILES string of the molecule is c1ccc(-c2ccc(N(c3ccc(-c4cc5c6ccccc6n(-c6ccccc6)c5c5c4sc4ccccc45)cc3)c3ccc4c(c3)C3(c5ccccc5-c5ccccc53)c3ccccc3-4)cc2)cc1.c1ccc(-c2ccc(N(c3ccc(-c4cc5c6ccccc6n(-c6ccccc6)c5c5c4sc4ccccc45)cc3)c3ccc4sc5ccccc5c4c3)cc2)cc1. The van der Waals surface area contributed by atoms with Crippen LogP contribution in [0.5, 0.6) is 0 Å².